The van der Waals surface area contributed by atoms with Gasteiger partial charge in [0.25, 0.3) is 0 Å². The van der Waals surface area contributed by atoms with Crippen LogP contribution >= 0.6 is 0 Å². The largest absolute Gasteiger partial charge is 0.481 e. The lowest BCUT2D eigenvalue weighted by Crippen LogP contribution is -2.46. The van der Waals surface area contributed by atoms with Crippen LogP contribution in [-0.2, 0) is 4.79 Å². The van der Waals surface area contributed by atoms with E-state index in [4.69, 9.17) is 5.11 Å². The van der Waals surface area contributed by atoms with E-state index in [9.17, 15) is 9.59 Å². The molecule has 5 nitrogen and oxygen atoms in total. The second-order valence-corrected chi connectivity index (χ2v) is 6.37. The molecule has 0 bridgehead atoms. The van der Waals surface area contributed by atoms with Gasteiger partial charge in [-0.05, 0) is 25.2 Å². The molecule has 0 aromatic rings. The smallest absolute Gasteiger partial charge is 0.314 e. The number of hydrogen-bond acceptors (Lipinski definition) is 2. The Hall–Kier alpha value is -1.26. The van der Waals surface area contributed by atoms with Crippen LogP contribution in [-0.4, -0.2) is 30.2 Å². The number of carboxylic acid groups (broad SMARTS) is 1. The molecule has 0 saturated carbocycles. The SMILES string of the molecule is CC(C)C(C)(C)CNC(=O)NCC(C)(C)C(=O)O. The molecule has 3 N–H and O–H groups in total. The van der Waals surface area contributed by atoms with Crippen LogP contribution < -0.4 is 10.6 Å². The summed E-state index contributed by atoms with van der Waals surface area (Å²) in [4.78, 5) is 22.4. The molecular weight excluding hydrogens is 232 g/mol. The van der Waals surface area contributed by atoms with Gasteiger partial charge in [0, 0.05) is 13.1 Å². The summed E-state index contributed by atoms with van der Waals surface area (Å²) in [6.45, 7) is 12.2. The van der Waals surface area contributed by atoms with Crippen molar-refractivity contribution in [3.63, 3.8) is 0 Å². The molecule has 0 unspecified atom stereocenters. The lowest BCUT2D eigenvalue weighted by molar-refractivity contribution is -0.146. The van der Waals surface area contributed by atoms with Crippen molar-refractivity contribution >= 4 is 12.0 Å². The van der Waals surface area contributed by atoms with Gasteiger partial charge >= 0.3 is 12.0 Å². The van der Waals surface area contributed by atoms with Crippen LogP contribution in [0.15, 0.2) is 0 Å². The van der Waals surface area contributed by atoms with E-state index in [0.717, 1.165) is 0 Å². The van der Waals surface area contributed by atoms with E-state index in [1.165, 1.54) is 0 Å². The molecule has 2 amide bonds. The number of hydrogen-bond donors (Lipinski definition) is 3. The van der Waals surface area contributed by atoms with Gasteiger partial charge in [0.05, 0.1) is 5.41 Å². The highest BCUT2D eigenvalue weighted by Crippen LogP contribution is 2.24. The highest BCUT2D eigenvalue weighted by atomic mass is 16.4. The van der Waals surface area contributed by atoms with Gasteiger partial charge in [-0.3, -0.25) is 4.79 Å². The summed E-state index contributed by atoms with van der Waals surface area (Å²) in [5.74, 6) is -0.474. The van der Waals surface area contributed by atoms with E-state index in [1.807, 2.05) is 0 Å². The number of amides is 2. The van der Waals surface area contributed by atoms with Crippen LogP contribution in [0.2, 0.25) is 0 Å². The maximum atomic E-state index is 11.6. The fourth-order valence-corrected chi connectivity index (χ4v) is 0.952. The third-order valence-electron chi connectivity index (χ3n) is 3.54. The Bertz CT molecular complexity index is 309. The number of urea groups is 1. The second kappa shape index (κ2) is 6.07. The van der Waals surface area contributed by atoms with Crippen molar-refractivity contribution in [2.75, 3.05) is 13.1 Å². The molecule has 0 aliphatic heterocycles. The van der Waals surface area contributed by atoms with Crippen LogP contribution in [0.1, 0.15) is 41.5 Å². The first-order valence-electron chi connectivity index (χ1n) is 6.24. The molecular formula is C13H26N2O3. The molecule has 0 saturated heterocycles. The summed E-state index contributed by atoms with van der Waals surface area (Å²) < 4.78 is 0. The summed E-state index contributed by atoms with van der Waals surface area (Å²) >= 11 is 0. The second-order valence-electron chi connectivity index (χ2n) is 6.37. The van der Waals surface area contributed by atoms with E-state index in [1.54, 1.807) is 13.8 Å². The molecule has 0 radical (unpaired) electrons. The molecule has 0 fully saturated rings. The molecule has 0 atom stereocenters. The molecule has 0 aromatic heterocycles. The predicted octanol–water partition coefficient (Wildman–Crippen LogP) is 2.08. The van der Waals surface area contributed by atoms with Crippen molar-refractivity contribution in [2.45, 2.75) is 41.5 Å². The molecule has 0 heterocycles. The maximum absolute atomic E-state index is 11.6. The number of rotatable bonds is 6. The molecule has 18 heavy (non-hydrogen) atoms. The normalized spacial score (nSPS) is 12.4. The zero-order valence-corrected chi connectivity index (χ0v) is 12.3. The van der Waals surface area contributed by atoms with E-state index in [-0.39, 0.29) is 18.0 Å². The first kappa shape index (κ1) is 16.7. The Kier molecular flexibility index (Phi) is 5.64. The Morgan fingerprint density at radius 1 is 1.06 bits per heavy atom. The monoisotopic (exact) mass is 258 g/mol. The molecule has 0 rings (SSSR count). The quantitative estimate of drug-likeness (QED) is 0.682. The lowest BCUT2D eigenvalue weighted by Gasteiger charge is -2.29. The van der Waals surface area contributed by atoms with E-state index in [0.29, 0.717) is 12.5 Å². The maximum Gasteiger partial charge on any atom is 0.314 e. The molecule has 106 valence electrons. The van der Waals surface area contributed by atoms with Crippen molar-refractivity contribution in [1.29, 1.82) is 0 Å². The van der Waals surface area contributed by atoms with Crippen molar-refractivity contribution < 1.29 is 14.7 Å². The topological polar surface area (TPSA) is 78.4 Å². The molecule has 0 aliphatic carbocycles. The minimum absolute atomic E-state index is 0.0135. The molecule has 5 heteroatoms. The number of carbonyl (C=O) groups is 2. The summed E-state index contributed by atoms with van der Waals surface area (Å²) in [5, 5.41) is 14.3. The van der Waals surface area contributed by atoms with Crippen molar-refractivity contribution in [3.05, 3.63) is 0 Å². The van der Waals surface area contributed by atoms with Crippen molar-refractivity contribution in [3.8, 4) is 0 Å². The number of nitrogens with one attached hydrogen (secondary N) is 2. The van der Waals surface area contributed by atoms with Crippen molar-refractivity contribution in [1.82, 2.24) is 10.6 Å². The molecule has 0 aromatic carbocycles. The highest BCUT2D eigenvalue weighted by Gasteiger charge is 2.28. The van der Waals surface area contributed by atoms with Crippen LogP contribution in [0.5, 0.6) is 0 Å². The standard InChI is InChI=1S/C13H26N2O3/c1-9(2)12(3,4)7-14-11(18)15-8-13(5,6)10(16)17/h9H,7-8H2,1-6H3,(H,16,17)(H2,14,15,18). The van der Waals surface area contributed by atoms with Gasteiger partial charge in [-0.2, -0.15) is 0 Å². The zero-order valence-electron chi connectivity index (χ0n) is 12.3. The first-order chi connectivity index (χ1) is 7.99. The summed E-state index contributed by atoms with van der Waals surface area (Å²) in [7, 11) is 0. The summed E-state index contributed by atoms with van der Waals surface area (Å²) in [6.07, 6.45) is 0. The first-order valence-corrected chi connectivity index (χ1v) is 6.24. The van der Waals surface area contributed by atoms with Crippen molar-refractivity contribution in [2.24, 2.45) is 16.7 Å². The average molecular weight is 258 g/mol. The van der Waals surface area contributed by atoms with Crippen LogP contribution in [0.3, 0.4) is 0 Å². The third kappa shape index (κ3) is 5.38. The van der Waals surface area contributed by atoms with Gasteiger partial charge in [-0.25, -0.2) is 4.79 Å². The zero-order chi connectivity index (χ0) is 14.6. The van der Waals surface area contributed by atoms with Crippen LogP contribution in [0.4, 0.5) is 4.79 Å². The van der Waals surface area contributed by atoms with Gasteiger partial charge in [0.1, 0.15) is 0 Å². The highest BCUT2D eigenvalue weighted by molar-refractivity contribution is 5.77. The lowest BCUT2D eigenvalue weighted by atomic mass is 9.81. The van der Waals surface area contributed by atoms with Crippen LogP contribution in [0, 0.1) is 16.7 Å². The number of aliphatic carboxylic acids is 1. The number of carbonyl (C=O) groups excluding carboxylic acids is 1. The van der Waals surface area contributed by atoms with Crippen LogP contribution in [0.25, 0.3) is 0 Å². The summed E-state index contributed by atoms with van der Waals surface area (Å²) in [5.41, 5.74) is -0.940. The average Bonchev–Trinajstić information content (AvgIpc) is 2.23. The van der Waals surface area contributed by atoms with Gasteiger partial charge in [0.2, 0.25) is 0 Å². The Morgan fingerprint density at radius 3 is 1.89 bits per heavy atom. The minimum Gasteiger partial charge on any atom is -0.481 e. The van der Waals surface area contributed by atoms with Gasteiger partial charge in [-0.1, -0.05) is 27.7 Å². The van der Waals surface area contributed by atoms with E-state index >= 15 is 0 Å². The minimum atomic E-state index is -0.953. The third-order valence-corrected chi connectivity index (χ3v) is 3.54. The Balaban J connectivity index is 4.12. The number of carboxylic acids is 1. The fourth-order valence-electron chi connectivity index (χ4n) is 0.952. The fraction of sp³-hybridized carbons (Fsp3) is 0.846. The Morgan fingerprint density at radius 2 is 1.50 bits per heavy atom. The summed E-state index contributed by atoms with van der Waals surface area (Å²) in [6, 6.07) is -0.321. The molecule has 0 aliphatic rings. The van der Waals surface area contributed by atoms with E-state index in [2.05, 4.69) is 38.3 Å². The van der Waals surface area contributed by atoms with Gasteiger partial charge in [-0.15, -0.1) is 0 Å². The molecule has 0 spiro atoms. The van der Waals surface area contributed by atoms with Gasteiger partial charge < -0.3 is 15.7 Å². The Labute approximate surface area is 109 Å². The predicted molar refractivity (Wildman–Crippen MR) is 71.4 cm³/mol. The van der Waals surface area contributed by atoms with Gasteiger partial charge in [0.15, 0.2) is 0 Å². The van der Waals surface area contributed by atoms with E-state index < -0.39 is 11.4 Å².